The summed E-state index contributed by atoms with van der Waals surface area (Å²) in [7, 11) is 0. The predicted octanol–water partition coefficient (Wildman–Crippen LogP) is 2.24. The van der Waals surface area contributed by atoms with E-state index in [0.29, 0.717) is 18.2 Å². The first-order valence-electron chi connectivity index (χ1n) is 5.66. The van der Waals surface area contributed by atoms with Gasteiger partial charge in [0.15, 0.2) is 0 Å². The molecule has 17 heavy (non-hydrogen) atoms. The molecule has 1 aromatic carbocycles. The fourth-order valence-electron chi connectivity index (χ4n) is 1.96. The Morgan fingerprint density at radius 2 is 2.24 bits per heavy atom. The van der Waals surface area contributed by atoms with Crippen molar-refractivity contribution in [2.75, 3.05) is 26.2 Å². The van der Waals surface area contributed by atoms with Crippen LogP contribution in [0.5, 0.6) is 0 Å². The molecule has 1 fully saturated rings. The van der Waals surface area contributed by atoms with Crippen LogP contribution < -0.4 is 5.73 Å². The van der Waals surface area contributed by atoms with E-state index >= 15 is 0 Å². The van der Waals surface area contributed by atoms with E-state index in [1.54, 1.807) is 0 Å². The first-order valence-corrected chi connectivity index (χ1v) is 6.48. The van der Waals surface area contributed by atoms with E-state index in [2.05, 4.69) is 4.90 Å². The number of rotatable bonds is 3. The Hall–Kier alpha value is -0.320. The number of nitrogens with zero attached hydrogens (tertiary/aromatic N) is 1. The number of benzene rings is 1. The molecule has 1 unspecified atom stereocenters. The van der Waals surface area contributed by atoms with E-state index in [-0.39, 0.29) is 11.6 Å². The van der Waals surface area contributed by atoms with E-state index in [1.165, 1.54) is 0 Å². The lowest BCUT2D eigenvalue weighted by Crippen LogP contribution is -2.46. The zero-order valence-corrected chi connectivity index (χ0v) is 11.0. The Bertz CT molecular complexity index is 375. The van der Waals surface area contributed by atoms with Crippen LogP contribution in [0.15, 0.2) is 24.3 Å². The third kappa shape index (κ3) is 3.12. The second kappa shape index (κ2) is 6.03. The van der Waals surface area contributed by atoms with Gasteiger partial charge >= 0.3 is 0 Å². The molecule has 2 N–H and O–H groups in total. The molecule has 1 aromatic rings. The van der Waals surface area contributed by atoms with Gasteiger partial charge in [0, 0.05) is 30.2 Å². The molecule has 0 aliphatic carbocycles. The van der Waals surface area contributed by atoms with E-state index < -0.39 is 0 Å². The summed E-state index contributed by atoms with van der Waals surface area (Å²) < 4.78 is 5.52. The van der Waals surface area contributed by atoms with E-state index in [9.17, 15) is 0 Å². The van der Waals surface area contributed by atoms with Crippen molar-refractivity contribution in [3.8, 4) is 0 Å². The lowest BCUT2D eigenvalue weighted by atomic mass is 10.2. The highest BCUT2D eigenvalue weighted by atomic mass is 35.5. The van der Waals surface area contributed by atoms with Crippen LogP contribution in [0.1, 0.15) is 11.1 Å². The summed E-state index contributed by atoms with van der Waals surface area (Å²) in [6, 6.07) is 7.65. The van der Waals surface area contributed by atoms with Gasteiger partial charge in [-0.15, -0.1) is 11.6 Å². The van der Waals surface area contributed by atoms with Crippen LogP contribution in [0.2, 0.25) is 5.02 Å². The quantitative estimate of drug-likeness (QED) is 0.679. The molecule has 0 saturated carbocycles. The molecule has 0 bridgehead atoms. The fraction of sp³-hybridized carbons (Fsp3) is 0.500. The number of hydrogen-bond donors (Lipinski definition) is 1. The van der Waals surface area contributed by atoms with Crippen LogP contribution in [0.4, 0.5) is 0 Å². The maximum atomic E-state index is 6.46. The molecule has 1 aliphatic rings. The zero-order chi connectivity index (χ0) is 12.3. The maximum Gasteiger partial charge on any atom is 0.112 e. The minimum atomic E-state index is -0.221. The Morgan fingerprint density at radius 1 is 1.47 bits per heavy atom. The maximum absolute atomic E-state index is 6.46. The van der Waals surface area contributed by atoms with Gasteiger partial charge in [0.1, 0.15) is 5.50 Å². The molecule has 3 nitrogen and oxygen atoms in total. The zero-order valence-electron chi connectivity index (χ0n) is 9.48. The van der Waals surface area contributed by atoms with Crippen LogP contribution in [0.3, 0.4) is 0 Å². The molecule has 2 rings (SSSR count). The Labute approximate surface area is 111 Å². The molecular formula is C12H16Cl2N2O. The molecule has 0 spiro atoms. The van der Waals surface area contributed by atoms with Crippen molar-refractivity contribution in [1.82, 2.24) is 4.90 Å². The van der Waals surface area contributed by atoms with Crippen LogP contribution in [0, 0.1) is 0 Å². The monoisotopic (exact) mass is 274 g/mol. The summed E-state index contributed by atoms with van der Waals surface area (Å²) in [4.78, 5) is 2.14. The SMILES string of the molecule is NC[C@H]1CN(C(Cl)c2ccccc2Cl)CCO1. The number of hydrogen-bond acceptors (Lipinski definition) is 3. The van der Waals surface area contributed by atoms with Crippen LogP contribution in [0.25, 0.3) is 0 Å². The predicted molar refractivity (Wildman–Crippen MR) is 70.4 cm³/mol. The first kappa shape index (κ1) is 13.1. The third-order valence-electron chi connectivity index (χ3n) is 2.92. The van der Waals surface area contributed by atoms with Crippen LogP contribution in [-0.4, -0.2) is 37.2 Å². The molecule has 94 valence electrons. The summed E-state index contributed by atoms with van der Waals surface area (Å²) in [5.41, 5.74) is 6.33. The smallest absolute Gasteiger partial charge is 0.112 e. The van der Waals surface area contributed by atoms with Gasteiger partial charge in [0.25, 0.3) is 0 Å². The molecule has 0 amide bonds. The fourth-order valence-corrected chi connectivity index (χ4v) is 2.62. The minimum absolute atomic E-state index is 0.0625. The summed E-state index contributed by atoms with van der Waals surface area (Å²) in [5.74, 6) is 0. The van der Waals surface area contributed by atoms with Crippen molar-refractivity contribution in [2.24, 2.45) is 5.73 Å². The van der Waals surface area contributed by atoms with Crippen LogP contribution >= 0.6 is 23.2 Å². The Morgan fingerprint density at radius 3 is 2.94 bits per heavy atom. The highest BCUT2D eigenvalue weighted by Gasteiger charge is 2.26. The summed E-state index contributed by atoms with van der Waals surface area (Å²) in [5, 5.41) is 0.697. The average molecular weight is 275 g/mol. The summed E-state index contributed by atoms with van der Waals surface area (Å²) in [6.07, 6.45) is 0.0625. The summed E-state index contributed by atoms with van der Waals surface area (Å²) >= 11 is 12.6. The highest BCUT2D eigenvalue weighted by Crippen LogP contribution is 2.31. The van der Waals surface area contributed by atoms with Crippen molar-refractivity contribution >= 4 is 23.2 Å². The second-order valence-electron chi connectivity index (χ2n) is 4.08. The van der Waals surface area contributed by atoms with Gasteiger partial charge in [-0.05, 0) is 6.07 Å². The van der Waals surface area contributed by atoms with Crippen molar-refractivity contribution in [3.63, 3.8) is 0 Å². The van der Waals surface area contributed by atoms with Crippen LogP contribution in [-0.2, 0) is 4.74 Å². The van der Waals surface area contributed by atoms with Gasteiger partial charge in [-0.3, -0.25) is 4.90 Å². The number of halogens is 2. The normalized spacial score (nSPS) is 23.6. The van der Waals surface area contributed by atoms with Crippen molar-refractivity contribution in [2.45, 2.75) is 11.6 Å². The largest absolute Gasteiger partial charge is 0.374 e. The number of morpholine rings is 1. The number of alkyl halides is 1. The van der Waals surface area contributed by atoms with Crippen molar-refractivity contribution < 1.29 is 4.74 Å². The molecule has 0 radical (unpaired) electrons. The minimum Gasteiger partial charge on any atom is -0.374 e. The molecule has 5 heteroatoms. The third-order valence-corrected chi connectivity index (χ3v) is 3.77. The van der Waals surface area contributed by atoms with E-state index in [4.69, 9.17) is 33.7 Å². The molecule has 2 atom stereocenters. The number of nitrogens with two attached hydrogens (primary N) is 1. The molecule has 1 aliphatic heterocycles. The van der Waals surface area contributed by atoms with Crippen molar-refractivity contribution in [1.29, 1.82) is 0 Å². The number of ether oxygens (including phenoxy) is 1. The van der Waals surface area contributed by atoms with E-state index in [0.717, 1.165) is 18.7 Å². The first-order chi connectivity index (χ1) is 8.22. The summed E-state index contributed by atoms with van der Waals surface area (Å²) in [6.45, 7) is 2.73. The van der Waals surface area contributed by atoms with Gasteiger partial charge in [-0.25, -0.2) is 0 Å². The average Bonchev–Trinajstić information content (AvgIpc) is 2.38. The second-order valence-corrected chi connectivity index (χ2v) is 4.90. The lowest BCUT2D eigenvalue weighted by Gasteiger charge is -2.35. The van der Waals surface area contributed by atoms with Gasteiger partial charge in [-0.2, -0.15) is 0 Å². The molecular weight excluding hydrogens is 259 g/mol. The van der Waals surface area contributed by atoms with Gasteiger partial charge in [0.05, 0.1) is 12.7 Å². The van der Waals surface area contributed by atoms with Gasteiger partial charge in [0.2, 0.25) is 0 Å². The van der Waals surface area contributed by atoms with Crippen molar-refractivity contribution in [3.05, 3.63) is 34.9 Å². The lowest BCUT2D eigenvalue weighted by molar-refractivity contribution is -0.0283. The van der Waals surface area contributed by atoms with Gasteiger partial charge in [-0.1, -0.05) is 29.8 Å². The van der Waals surface area contributed by atoms with Gasteiger partial charge < -0.3 is 10.5 Å². The Kier molecular flexibility index (Phi) is 4.65. The molecule has 1 saturated heterocycles. The Balaban J connectivity index is 2.09. The topological polar surface area (TPSA) is 38.5 Å². The van der Waals surface area contributed by atoms with E-state index in [1.807, 2.05) is 24.3 Å². The molecule has 1 heterocycles. The highest BCUT2D eigenvalue weighted by molar-refractivity contribution is 6.32. The standard InChI is InChI=1S/C12H16Cl2N2O/c13-11-4-2-1-3-10(11)12(14)16-5-6-17-9(7-15)8-16/h1-4,9,12H,5-8,15H2/t9-,12?/m0/s1. The molecule has 0 aromatic heterocycles.